The van der Waals surface area contributed by atoms with Gasteiger partial charge in [0.25, 0.3) is 0 Å². The monoisotopic (exact) mass is 296 g/mol. The van der Waals surface area contributed by atoms with E-state index in [0.717, 1.165) is 10.9 Å². The molecule has 5 heteroatoms. The molecule has 2 aromatic heterocycles. The highest BCUT2D eigenvalue weighted by Crippen LogP contribution is 2.25. The Hall–Kier alpha value is -2.59. The Labute approximate surface area is 124 Å². The molecule has 0 aliphatic heterocycles. The van der Waals surface area contributed by atoms with Crippen LogP contribution in [0.15, 0.2) is 57.7 Å². The summed E-state index contributed by atoms with van der Waals surface area (Å²) in [4.78, 5) is 19.6. The summed E-state index contributed by atoms with van der Waals surface area (Å²) in [6.45, 7) is 0. The van der Waals surface area contributed by atoms with E-state index in [1.54, 1.807) is 24.3 Å². The number of para-hydroxylation sites is 1. The smallest absolute Gasteiger partial charge is 0.347 e. The molecule has 0 unspecified atom stereocenters. The fraction of sp³-hybridized carbons (Fsp3) is 0. The molecule has 1 N–H and O–H groups in total. The van der Waals surface area contributed by atoms with Gasteiger partial charge in [-0.25, -0.2) is 9.78 Å². The van der Waals surface area contributed by atoms with E-state index in [1.807, 2.05) is 24.3 Å². The molecule has 102 valence electrons. The van der Waals surface area contributed by atoms with Gasteiger partial charge in [0.2, 0.25) is 5.89 Å². The Morgan fingerprint density at radius 3 is 2.86 bits per heavy atom. The predicted molar refractivity (Wildman–Crippen MR) is 82.6 cm³/mol. The standard InChI is InChI=1S/C16H9ClN2O2/c17-10-5-6-12-9(7-10)8-14(18-12)15-19-13-4-2-1-3-11(13)16(20)21-15/h1-8,18H. The van der Waals surface area contributed by atoms with Gasteiger partial charge in [-0.3, -0.25) is 0 Å². The van der Waals surface area contributed by atoms with Crippen LogP contribution in [0.5, 0.6) is 0 Å². The van der Waals surface area contributed by atoms with Crippen molar-refractivity contribution in [2.75, 3.05) is 0 Å². The van der Waals surface area contributed by atoms with Crippen LogP contribution in [0, 0.1) is 0 Å². The van der Waals surface area contributed by atoms with Gasteiger partial charge in [-0.2, -0.15) is 0 Å². The number of H-pyrrole nitrogens is 1. The molecular formula is C16H9ClN2O2. The first-order valence-electron chi connectivity index (χ1n) is 6.39. The number of benzene rings is 2. The first kappa shape index (κ1) is 12.2. The largest absolute Gasteiger partial charge is 0.401 e. The Bertz CT molecular complexity index is 1030. The molecule has 4 nitrogen and oxygen atoms in total. The number of aromatic nitrogens is 2. The summed E-state index contributed by atoms with van der Waals surface area (Å²) < 4.78 is 5.31. The van der Waals surface area contributed by atoms with E-state index < -0.39 is 5.63 Å². The highest BCUT2D eigenvalue weighted by atomic mass is 35.5. The normalized spacial score (nSPS) is 11.3. The number of aromatic amines is 1. The van der Waals surface area contributed by atoms with Gasteiger partial charge in [0.05, 0.1) is 10.9 Å². The summed E-state index contributed by atoms with van der Waals surface area (Å²) in [7, 11) is 0. The lowest BCUT2D eigenvalue weighted by Gasteiger charge is -1.98. The van der Waals surface area contributed by atoms with Crippen LogP contribution in [0.1, 0.15) is 0 Å². The van der Waals surface area contributed by atoms with E-state index >= 15 is 0 Å². The van der Waals surface area contributed by atoms with Gasteiger partial charge in [0.1, 0.15) is 5.69 Å². The van der Waals surface area contributed by atoms with E-state index in [2.05, 4.69) is 9.97 Å². The van der Waals surface area contributed by atoms with E-state index in [-0.39, 0.29) is 5.89 Å². The Kier molecular flexibility index (Phi) is 2.59. The minimum atomic E-state index is -0.396. The average Bonchev–Trinajstić information content (AvgIpc) is 2.90. The highest BCUT2D eigenvalue weighted by Gasteiger charge is 2.11. The van der Waals surface area contributed by atoms with Crippen molar-refractivity contribution >= 4 is 33.4 Å². The predicted octanol–water partition coefficient (Wildman–Crippen LogP) is 3.99. The number of hydrogen-bond donors (Lipinski definition) is 1. The highest BCUT2D eigenvalue weighted by molar-refractivity contribution is 6.31. The van der Waals surface area contributed by atoms with Crippen LogP contribution in [-0.4, -0.2) is 9.97 Å². The van der Waals surface area contributed by atoms with Gasteiger partial charge in [-0.05, 0) is 36.4 Å². The maximum absolute atomic E-state index is 12.0. The number of fused-ring (bicyclic) bond motifs is 2. The second-order valence-corrected chi connectivity index (χ2v) is 5.17. The minimum Gasteiger partial charge on any atom is -0.401 e. The van der Waals surface area contributed by atoms with Crippen molar-refractivity contribution in [2.45, 2.75) is 0 Å². The number of hydrogen-bond acceptors (Lipinski definition) is 3. The Balaban J connectivity index is 1.97. The molecule has 2 aromatic carbocycles. The lowest BCUT2D eigenvalue weighted by atomic mass is 10.2. The summed E-state index contributed by atoms with van der Waals surface area (Å²) in [5, 5.41) is 2.07. The molecule has 0 amide bonds. The van der Waals surface area contributed by atoms with Crippen LogP contribution in [0.25, 0.3) is 33.4 Å². The molecule has 0 saturated heterocycles. The zero-order chi connectivity index (χ0) is 14.4. The van der Waals surface area contributed by atoms with Gasteiger partial charge in [0.15, 0.2) is 0 Å². The van der Waals surface area contributed by atoms with E-state index in [4.69, 9.17) is 16.0 Å². The number of halogens is 1. The second-order valence-electron chi connectivity index (χ2n) is 4.74. The summed E-state index contributed by atoms with van der Waals surface area (Å²) >= 11 is 5.97. The van der Waals surface area contributed by atoms with Crippen molar-refractivity contribution in [1.29, 1.82) is 0 Å². The molecule has 4 aromatic rings. The molecular weight excluding hydrogens is 288 g/mol. The van der Waals surface area contributed by atoms with Crippen LogP contribution in [0.2, 0.25) is 5.02 Å². The number of nitrogens with one attached hydrogen (secondary N) is 1. The molecule has 2 heterocycles. The number of nitrogens with zero attached hydrogens (tertiary/aromatic N) is 1. The first-order chi connectivity index (χ1) is 10.2. The molecule has 0 aliphatic carbocycles. The lowest BCUT2D eigenvalue weighted by Crippen LogP contribution is -2.02. The van der Waals surface area contributed by atoms with Crippen LogP contribution in [0.3, 0.4) is 0 Å². The fourth-order valence-corrected chi connectivity index (χ4v) is 2.53. The van der Waals surface area contributed by atoms with Crippen molar-refractivity contribution in [3.8, 4) is 11.6 Å². The quantitative estimate of drug-likeness (QED) is 0.578. The third-order valence-corrected chi connectivity index (χ3v) is 3.58. The Morgan fingerprint density at radius 1 is 1.10 bits per heavy atom. The minimum absolute atomic E-state index is 0.269. The van der Waals surface area contributed by atoms with Gasteiger partial charge in [-0.15, -0.1) is 0 Å². The van der Waals surface area contributed by atoms with Crippen molar-refractivity contribution in [3.05, 3.63) is 64.0 Å². The summed E-state index contributed by atoms with van der Waals surface area (Å²) in [6, 6.07) is 14.5. The molecule has 0 saturated carbocycles. The van der Waals surface area contributed by atoms with E-state index in [1.165, 1.54) is 0 Å². The molecule has 0 radical (unpaired) electrons. The van der Waals surface area contributed by atoms with Gasteiger partial charge in [-0.1, -0.05) is 23.7 Å². The molecule has 0 spiro atoms. The fourth-order valence-electron chi connectivity index (χ4n) is 2.35. The van der Waals surface area contributed by atoms with Gasteiger partial charge >= 0.3 is 5.63 Å². The molecule has 0 atom stereocenters. The SMILES string of the molecule is O=c1oc(-c2cc3cc(Cl)ccc3[nH]2)nc2ccccc12. The van der Waals surface area contributed by atoms with Crippen LogP contribution >= 0.6 is 11.6 Å². The van der Waals surface area contributed by atoms with Gasteiger partial charge in [0, 0.05) is 15.9 Å². The first-order valence-corrected chi connectivity index (χ1v) is 6.77. The Morgan fingerprint density at radius 2 is 1.95 bits per heavy atom. The van der Waals surface area contributed by atoms with Crippen molar-refractivity contribution in [1.82, 2.24) is 9.97 Å². The number of rotatable bonds is 1. The summed E-state index contributed by atoms with van der Waals surface area (Å²) in [5.41, 5.74) is 1.77. The van der Waals surface area contributed by atoms with Crippen molar-refractivity contribution < 1.29 is 4.42 Å². The second kappa shape index (κ2) is 4.46. The third-order valence-electron chi connectivity index (χ3n) is 3.35. The van der Waals surface area contributed by atoms with Crippen LogP contribution in [-0.2, 0) is 0 Å². The summed E-state index contributed by atoms with van der Waals surface area (Å²) in [5.74, 6) is 0.269. The van der Waals surface area contributed by atoms with Crippen molar-refractivity contribution in [3.63, 3.8) is 0 Å². The van der Waals surface area contributed by atoms with Gasteiger partial charge < -0.3 is 9.40 Å². The maximum atomic E-state index is 12.0. The summed E-state index contributed by atoms with van der Waals surface area (Å²) in [6.07, 6.45) is 0. The molecule has 0 bridgehead atoms. The van der Waals surface area contributed by atoms with Crippen LogP contribution in [0.4, 0.5) is 0 Å². The topological polar surface area (TPSA) is 58.9 Å². The van der Waals surface area contributed by atoms with Crippen LogP contribution < -0.4 is 5.63 Å². The van der Waals surface area contributed by atoms with E-state index in [0.29, 0.717) is 21.6 Å². The third kappa shape index (κ3) is 2.00. The zero-order valence-corrected chi connectivity index (χ0v) is 11.5. The zero-order valence-electron chi connectivity index (χ0n) is 10.8. The lowest BCUT2D eigenvalue weighted by molar-refractivity contribution is 0.516. The van der Waals surface area contributed by atoms with Crippen molar-refractivity contribution in [2.24, 2.45) is 0 Å². The molecule has 0 aliphatic rings. The molecule has 0 fully saturated rings. The maximum Gasteiger partial charge on any atom is 0.347 e. The molecule has 4 rings (SSSR count). The van der Waals surface area contributed by atoms with E-state index in [9.17, 15) is 4.79 Å². The average molecular weight is 297 g/mol. The molecule has 21 heavy (non-hydrogen) atoms.